The van der Waals surface area contributed by atoms with Crippen LogP contribution < -0.4 is 0 Å². The molecule has 0 atom stereocenters. The molecule has 1 aromatic carbocycles. The van der Waals surface area contributed by atoms with Crippen LogP contribution in [0.25, 0.3) is 0 Å². The van der Waals surface area contributed by atoms with Gasteiger partial charge in [-0.1, -0.05) is 35.4 Å². The van der Waals surface area contributed by atoms with E-state index in [-0.39, 0.29) is 0 Å². The van der Waals surface area contributed by atoms with Gasteiger partial charge in [0.05, 0.1) is 0 Å². The number of rotatable bonds is 0. The molecule has 0 unspecified atom stereocenters. The molecule has 0 radical (unpaired) electrons. The van der Waals surface area contributed by atoms with Gasteiger partial charge in [-0.25, -0.2) is 0 Å². The third-order valence-electron chi connectivity index (χ3n) is 1.22. The molecular formula is C8H10. The zero-order valence-electron chi connectivity index (χ0n) is 5.31. The van der Waals surface area contributed by atoms with Crippen LogP contribution in [0.1, 0.15) is 11.1 Å². The molecule has 0 heteroatoms. The third-order valence-corrected chi connectivity index (χ3v) is 1.22. The lowest BCUT2D eigenvalue weighted by molar-refractivity contribution is 1.40. The molecule has 0 nitrogen and oxygen atoms in total. The van der Waals surface area contributed by atoms with E-state index in [1.54, 1.807) is 0 Å². The zero-order chi connectivity index (χ0) is 5.98. The summed E-state index contributed by atoms with van der Waals surface area (Å²) in [5, 5.41) is 0. The molecule has 0 N–H and O–H groups in total. The summed E-state index contributed by atoms with van der Waals surface area (Å²) in [6.45, 7) is 4.19. The fourth-order valence-corrected chi connectivity index (χ4v) is 0.637. The van der Waals surface area contributed by atoms with Crippen molar-refractivity contribution in [1.29, 1.82) is 0 Å². The maximum absolute atomic E-state index is 2.12. The Bertz CT molecular complexity index is 139. The van der Waals surface area contributed by atoms with Crippen molar-refractivity contribution < 1.29 is 0 Å². The maximum atomic E-state index is 2.12. The Morgan fingerprint density at radius 2 is 1.00 bits per heavy atom. The predicted octanol–water partition coefficient (Wildman–Crippen LogP) is 2.30. The standard InChI is InChI=1S/C8H10/c1-7-3-5-8(2)6-4-7/h3-6H,1-2H3/i1+1. The average Bonchev–Trinajstić information content (AvgIpc) is 1.77. The molecule has 1 rings (SSSR count). The predicted molar refractivity (Wildman–Crippen MR) is 35.9 cm³/mol. The highest BCUT2D eigenvalue weighted by Gasteiger charge is 1.79. The van der Waals surface area contributed by atoms with Gasteiger partial charge in [-0.2, -0.15) is 0 Å². The van der Waals surface area contributed by atoms with Gasteiger partial charge in [0, 0.05) is 0 Å². The van der Waals surface area contributed by atoms with E-state index in [1.165, 1.54) is 11.1 Å². The molecule has 42 valence electrons. The van der Waals surface area contributed by atoms with Crippen LogP contribution in [0.2, 0.25) is 0 Å². The summed E-state index contributed by atoms with van der Waals surface area (Å²) in [7, 11) is 0. The summed E-state index contributed by atoms with van der Waals surface area (Å²) >= 11 is 0. The smallest absolute Gasteiger partial charge is 0.0398 e. The minimum atomic E-state index is 1.33. The second-order valence-corrected chi connectivity index (χ2v) is 2.15. The van der Waals surface area contributed by atoms with Crippen molar-refractivity contribution >= 4 is 0 Å². The second kappa shape index (κ2) is 1.99. The minimum Gasteiger partial charge on any atom is -0.0591 e. The molecule has 0 aromatic heterocycles. The molecule has 8 heavy (non-hydrogen) atoms. The van der Waals surface area contributed by atoms with E-state index in [4.69, 9.17) is 0 Å². The van der Waals surface area contributed by atoms with E-state index in [1.807, 2.05) is 0 Å². The Labute approximate surface area is 50.2 Å². The summed E-state index contributed by atoms with van der Waals surface area (Å²) < 4.78 is 0. The van der Waals surface area contributed by atoms with Crippen molar-refractivity contribution in [2.75, 3.05) is 0 Å². The van der Waals surface area contributed by atoms with Crippen LogP contribution in [0.5, 0.6) is 0 Å². The van der Waals surface area contributed by atoms with Crippen molar-refractivity contribution in [1.82, 2.24) is 0 Å². The SMILES string of the molecule is Cc1ccc([13CH3])cc1. The van der Waals surface area contributed by atoms with Crippen molar-refractivity contribution in [3.05, 3.63) is 35.4 Å². The van der Waals surface area contributed by atoms with Crippen molar-refractivity contribution in [3.63, 3.8) is 0 Å². The monoisotopic (exact) mass is 107 g/mol. The Morgan fingerprint density at radius 1 is 0.750 bits per heavy atom. The summed E-state index contributed by atoms with van der Waals surface area (Å²) in [6.07, 6.45) is 0. The molecule has 0 bridgehead atoms. The zero-order valence-corrected chi connectivity index (χ0v) is 5.31. The van der Waals surface area contributed by atoms with Gasteiger partial charge in [0.1, 0.15) is 0 Å². The van der Waals surface area contributed by atoms with Crippen LogP contribution in [0.4, 0.5) is 0 Å². The van der Waals surface area contributed by atoms with Gasteiger partial charge in [0.15, 0.2) is 0 Å². The molecule has 0 saturated carbocycles. The largest absolute Gasteiger partial charge is 0.0591 e. The first-order valence-electron chi connectivity index (χ1n) is 2.82. The van der Waals surface area contributed by atoms with Gasteiger partial charge in [-0.3, -0.25) is 0 Å². The highest BCUT2D eigenvalue weighted by Crippen LogP contribution is 1.99. The Morgan fingerprint density at radius 3 is 1.25 bits per heavy atom. The fourth-order valence-electron chi connectivity index (χ4n) is 0.637. The van der Waals surface area contributed by atoms with E-state index in [9.17, 15) is 0 Å². The second-order valence-electron chi connectivity index (χ2n) is 2.15. The highest BCUT2D eigenvalue weighted by atomic mass is 14.0. The van der Waals surface area contributed by atoms with Gasteiger partial charge >= 0.3 is 0 Å². The van der Waals surface area contributed by atoms with E-state index >= 15 is 0 Å². The Balaban J connectivity index is 3.03. The first-order valence-corrected chi connectivity index (χ1v) is 2.82. The number of aryl methyl sites for hydroxylation is 2. The van der Waals surface area contributed by atoms with Crippen LogP contribution in [-0.4, -0.2) is 0 Å². The molecule has 0 spiro atoms. The minimum absolute atomic E-state index is 1.33. The molecule has 0 aliphatic heterocycles. The molecule has 0 saturated heterocycles. The molecule has 0 aliphatic rings. The molecule has 0 heterocycles. The fraction of sp³-hybridized carbons (Fsp3) is 0.250. The van der Waals surface area contributed by atoms with E-state index in [2.05, 4.69) is 38.1 Å². The first-order chi connectivity index (χ1) is 3.79. The van der Waals surface area contributed by atoms with Gasteiger partial charge < -0.3 is 0 Å². The van der Waals surface area contributed by atoms with E-state index in [0.717, 1.165) is 0 Å². The van der Waals surface area contributed by atoms with Crippen LogP contribution in [0.15, 0.2) is 24.3 Å². The Hall–Kier alpha value is -0.780. The van der Waals surface area contributed by atoms with Crippen LogP contribution in [0.3, 0.4) is 0 Å². The summed E-state index contributed by atoms with van der Waals surface area (Å²) in [6, 6.07) is 8.48. The van der Waals surface area contributed by atoms with Gasteiger partial charge in [-0.05, 0) is 13.8 Å². The Kier molecular flexibility index (Phi) is 1.34. The lowest BCUT2D eigenvalue weighted by atomic mass is 10.2. The first kappa shape index (κ1) is 5.36. The quantitative estimate of drug-likeness (QED) is 0.446. The normalized spacial score (nSPS) is 9.25. The van der Waals surface area contributed by atoms with Crippen molar-refractivity contribution in [2.45, 2.75) is 13.8 Å². The van der Waals surface area contributed by atoms with Crippen molar-refractivity contribution in [3.8, 4) is 0 Å². The van der Waals surface area contributed by atoms with Crippen LogP contribution in [-0.2, 0) is 0 Å². The van der Waals surface area contributed by atoms with Crippen molar-refractivity contribution in [2.24, 2.45) is 0 Å². The summed E-state index contributed by atoms with van der Waals surface area (Å²) in [5.74, 6) is 0. The lowest BCUT2D eigenvalue weighted by Crippen LogP contribution is -1.70. The third kappa shape index (κ3) is 1.09. The highest BCUT2D eigenvalue weighted by molar-refractivity contribution is 5.19. The number of benzene rings is 1. The molecule has 0 fully saturated rings. The summed E-state index contributed by atoms with van der Waals surface area (Å²) in [5.41, 5.74) is 2.66. The van der Waals surface area contributed by atoms with E-state index < -0.39 is 0 Å². The maximum Gasteiger partial charge on any atom is -0.0398 e. The molecular weight excluding hydrogens is 97.1 g/mol. The molecule has 1 aromatic rings. The molecule has 0 amide bonds. The van der Waals surface area contributed by atoms with Crippen LogP contribution >= 0.6 is 0 Å². The lowest BCUT2D eigenvalue weighted by Gasteiger charge is -1.90. The van der Waals surface area contributed by atoms with E-state index in [0.29, 0.717) is 0 Å². The number of hydrogen-bond donors (Lipinski definition) is 0. The number of hydrogen-bond acceptors (Lipinski definition) is 0. The topological polar surface area (TPSA) is 0 Å². The van der Waals surface area contributed by atoms with Crippen LogP contribution in [0, 0.1) is 13.8 Å². The van der Waals surface area contributed by atoms with Gasteiger partial charge in [0.25, 0.3) is 0 Å². The summed E-state index contributed by atoms with van der Waals surface area (Å²) in [4.78, 5) is 0. The molecule has 0 aliphatic carbocycles. The average molecular weight is 107 g/mol. The van der Waals surface area contributed by atoms with Gasteiger partial charge in [0.2, 0.25) is 0 Å². The van der Waals surface area contributed by atoms with Gasteiger partial charge in [-0.15, -0.1) is 0 Å².